The van der Waals surface area contributed by atoms with E-state index >= 15 is 0 Å². The summed E-state index contributed by atoms with van der Waals surface area (Å²) in [6.45, 7) is 4.80. The molecule has 0 bridgehead atoms. The van der Waals surface area contributed by atoms with E-state index in [1.807, 2.05) is 60.7 Å². The Morgan fingerprint density at radius 1 is 0.938 bits per heavy atom. The van der Waals surface area contributed by atoms with Crippen LogP contribution in [0.15, 0.2) is 91.0 Å². The van der Waals surface area contributed by atoms with E-state index in [-0.39, 0.29) is 12.1 Å². The monoisotopic (exact) mass is 425 g/mol. The van der Waals surface area contributed by atoms with Crippen molar-refractivity contribution in [2.75, 3.05) is 19.6 Å². The molecule has 1 unspecified atom stereocenters. The van der Waals surface area contributed by atoms with Gasteiger partial charge in [0.1, 0.15) is 6.10 Å². The molecule has 164 valence electrons. The molecule has 1 saturated heterocycles. The van der Waals surface area contributed by atoms with Crippen LogP contribution in [0.4, 0.5) is 0 Å². The summed E-state index contributed by atoms with van der Waals surface area (Å²) in [7, 11) is 0. The van der Waals surface area contributed by atoms with Gasteiger partial charge in [-0.1, -0.05) is 90.5 Å². The van der Waals surface area contributed by atoms with Gasteiger partial charge in [0.05, 0.1) is 0 Å². The lowest BCUT2D eigenvalue weighted by Crippen LogP contribution is -2.37. The van der Waals surface area contributed by atoms with Crippen LogP contribution in [0, 0.1) is 6.92 Å². The quantitative estimate of drug-likeness (QED) is 0.335. The summed E-state index contributed by atoms with van der Waals surface area (Å²) in [5.74, 6) is 0.307. The van der Waals surface area contributed by atoms with E-state index in [0.717, 1.165) is 43.6 Å². The average Bonchev–Trinajstić information content (AvgIpc) is 2.85. The van der Waals surface area contributed by atoms with Crippen molar-refractivity contribution >= 4 is 12.0 Å². The maximum absolute atomic E-state index is 12.6. The van der Waals surface area contributed by atoms with Gasteiger partial charge in [0.25, 0.3) is 0 Å². The minimum Gasteiger partial charge on any atom is -0.453 e. The van der Waals surface area contributed by atoms with E-state index < -0.39 is 0 Å². The van der Waals surface area contributed by atoms with Gasteiger partial charge >= 0.3 is 5.97 Å². The highest BCUT2D eigenvalue weighted by atomic mass is 16.5. The third kappa shape index (κ3) is 6.18. The Hall–Kier alpha value is -3.17. The number of rotatable bonds is 7. The Morgan fingerprint density at radius 3 is 2.22 bits per heavy atom. The first kappa shape index (κ1) is 22.0. The summed E-state index contributed by atoms with van der Waals surface area (Å²) >= 11 is 0. The smallest absolute Gasteiger partial charge is 0.331 e. The maximum atomic E-state index is 12.6. The Morgan fingerprint density at radius 2 is 1.56 bits per heavy atom. The lowest BCUT2D eigenvalue weighted by atomic mass is 9.89. The second-order valence-electron chi connectivity index (χ2n) is 8.57. The van der Waals surface area contributed by atoms with Gasteiger partial charge in [0.15, 0.2) is 0 Å². The zero-order valence-electron chi connectivity index (χ0n) is 18.7. The molecule has 0 spiro atoms. The molecule has 32 heavy (non-hydrogen) atoms. The molecule has 0 aromatic heterocycles. The zero-order chi connectivity index (χ0) is 22.2. The van der Waals surface area contributed by atoms with Crippen molar-refractivity contribution in [1.82, 2.24) is 4.90 Å². The number of ether oxygens (including phenoxy) is 1. The van der Waals surface area contributed by atoms with Crippen molar-refractivity contribution < 1.29 is 9.53 Å². The summed E-state index contributed by atoms with van der Waals surface area (Å²) in [6.07, 6.45) is 5.33. The van der Waals surface area contributed by atoms with Gasteiger partial charge in [-0.3, -0.25) is 4.90 Å². The molecule has 0 N–H and O–H groups in total. The minimum absolute atomic E-state index is 0.278. The van der Waals surface area contributed by atoms with Gasteiger partial charge < -0.3 is 4.74 Å². The number of likely N-dealkylation sites (tertiary alicyclic amines) is 1. The molecule has 3 heteroatoms. The van der Waals surface area contributed by atoms with Crippen LogP contribution >= 0.6 is 0 Å². The van der Waals surface area contributed by atoms with E-state index in [1.165, 1.54) is 17.2 Å². The summed E-state index contributed by atoms with van der Waals surface area (Å²) in [4.78, 5) is 15.0. The second-order valence-corrected chi connectivity index (χ2v) is 8.57. The van der Waals surface area contributed by atoms with Crippen molar-refractivity contribution in [2.45, 2.75) is 31.8 Å². The van der Waals surface area contributed by atoms with E-state index in [1.54, 1.807) is 0 Å². The van der Waals surface area contributed by atoms with E-state index in [0.29, 0.717) is 5.92 Å². The largest absolute Gasteiger partial charge is 0.453 e. The van der Waals surface area contributed by atoms with Gasteiger partial charge in [0, 0.05) is 12.6 Å². The molecule has 0 aliphatic carbocycles. The molecule has 1 aliphatic heterocycles. The minimum atomic E-state index is -0.307. The lowest BCUT2D eigenvalue weighted by molar-refractivity contribution is -0.144. The zero-order valence-corrected chi connectivity index (χ0v) is 18.7. The molecule has 3 aromatic rings. The van der Waals surface area contributed by atoms with Crippen LogP contribution in [-0.2, 0) is 9.53 Å². The molecule has 0 amide bonds. The number of carbonyl (C=O) groups is 1. The number of esters is 1. The fraction of sp³-hybridized carbons (Fsp3) is 0.276. The molecule has 1 fully saturated rings. The van der Waals surface area contributed by atoms with Crippen LogP contribution in [-0.4, -0.2) is 30.5 Å². The topological polar surface area (TPSA) is 29.5 Å². The molecule has 1 atom stereocenters. The SMILES string of the molecule is Cc1ccc(/C=C/C(=O)OC(CN2CCC(c3ccccc3)CC2)c2ccccc2)cc1. The number of benzene rings is 3. The van der Waals surface area contributed by atoms with Crippen LogP contribution in [0.2, 0.25) is 0 Å². The number of hydrogen-bond donors (Lipinski definition) is 0. The van der Waals surface area contributed by atoms with Crippen molar-refractivity contribution in [1.29, 1.82) is 0 Å². The van der Waals surface area contributed by atoms with Crippen LogP contribution in [0.3, 0.4) is 0 Å². The van der Waals surface area contributed by atoms with Crippen molar-refractivity contribution in [2.24, 2.45) is 0 Å². The average molecular weight is 426 g/mol. The Balaban J connectivity index is 1.38. The first-order valence-corrected chi connectivity index (χ1v) is 11.4. The summed E-state index contributed by atoms with van der Waals surface area (Å²) in [6, 6.07) is 28.9. The third-order valence-corrected chi connectivity index (χ3v) is 6.20. The normalized spacial score (nSPS) is 16.2. The first-order valence-electron chi connectivity index (χ1n) is 11.4. The highest BCUT2D eigenvalue weighted by Crippen LogP contribution is 2.29. The molecule has 4 rings (SSSR count). The molecule has 1 aliphatic rings. The van der Waals surface area contributed by atoms with Crippen LogP contribution in [0.5, 0.6) is 0 Å². The maximum Gasteiger partial charge on any atom is 0.331 e. The molecular formula is C29H31NO2. The van der Waals surface area contributed by atoms with Gasteiger partial charge in [0.2, 0.25) is 0 Å². The first-order chi connectivity index (χ1) is 15.7. The summed E-state index contributed by atoms with van der Waals surface area (Å²) in [5, 5.41) is 0. The van der Waals surface area contributed by atoms with Crippen molar-refractivity contribution in [3.63, 3.8) is 0 Å². The molecule has 0 radical (unpaired) electrons. The van der Waals surface area contributed by atoms with Gasteiger partial charge in [-0.05, 0) is 61.5 Å². The van der Waals surface area contributed by atoms with Gasteiger partial charge in [-0.25, -0.2) is 4.79 Å². The fourth-order valence-corrected chi connectivity index (χ4v) is 4.31. The van der Waals surface area contributed by atoms with E-state index in [4.69, 9.17) is 4.74 Å². The Bertz CT molecular complexity index is 1000. The predicted molar refractivity (Wildman–Crippen MR) is 130 cm³/mol. The molecule has 0 saturated carbocycles. The number of piperidine rings is 1. The van der Waals surface area contributed by atoms with E-state index in [9.17, 15) is 4.79 Å². The highest BCUT2D eigenvalue weighted by Gasteiger charge is 2.25. The second kappa shape index (κ2) is 10.9. The van der Waals surface area contributed by atoms with E-state index in [2.05, 4.69) is 42.2 Å². The van der Waals surface area contributed by atoms with Crippen molar-refractivity contribution in [3.05, 3.63) is 113 Å². The standard InChI is InChI=1S/C29H31NO2/c1-23-12-14-24(15-13-23)16-17-29(31)32-28(27-10-6-3-7-11-27)22-30-20-18-26(19-21-30)25-8-4-2-5-9-25/h2-17,26,28H,18-22H2,1H3/b17-16+. The number of hydrogen-bond acceptors (Lipinski definition) is 3. The third-order valence-electron chi connectivity index (χ3n) is 6.20. The van der Waals surface area contributed by atoms with Gasteiger partial charge in [-0.2, -0.15) is 0 Å². The lowest BCUT2D eigenvalue weighted by Gasteiger charge is -2.34. The van der Waals surface area contributed by atoms with Crippen LogP contribution < -0.4 is 0 Å². The molecular weight excluding hydrogens is 394 g/mol. The fourth-order valence-electron chi connectivity index (χ4n) is 4.31. The Labute approximate surface area is 191 Å². The number of nitrogens with zero attached hydrogens (tertiary/aromatic N) is 1. The Kier molecular flexibility index (Phi) is 7.52. The summed E-state index contributed by atoms with van der Waals surface area (Å²) in [5.41, 5.74) is 4.66. The highest BCUT2D eigenvalue weighted by molar-refractivity contribution is 5.87. The predicted octanol–water partition coefficient (Wildman–Crippen LogP) is 6.17. The van der Waals surface area contributed by atoms with Crippen LogP contribution in [0.25, 0.3) is 6.08 Å². The molecule has 3 nitrogen and oxygen atoms in total. The molecule has 1 heterocycles. The van der Waals surface area contributed by atoms with Crippen molar-refractivity contribution in [3.8, 4) is 0 Å². The summed E-state index contributed by atoms with van der Waals surface area (Å²) < 4.78 is 5.93. The van der Waals surface area contributed by atoms with Gasteiger partial charge in [-0.15, -0.1) is 0 Å². The molecule has 3 aromatic carbocycles. The van der Waals surface area contributed by atoms with Crippen LogP contribution in [0.1, 0.15) is 47.1 Å². The number of aryl methyl sites for hydroxylation is 1. The number of carbonyl (C=O) groups excluding carboxylic acids is 1.